The number of hydrogen-bond acceptors (Lipinski definition) is 3. The van der Waals surface area contributed by atoms with Crippen molar-refractivity contribution in [3.8, 4) is 0 Å². The Morgan fingerprint density at radius 1 is 1.32 bits per heavy atom. The topological polar surface area (TPSA) is 58.2 Å². The van der Waals surface area contributed by atoms with Crippen LogP contribution in [0, 0.1) is 12.7 Å². The molecule has 0 amide bonds. The Kier molecular flexibility index (Phi) is 4.54. The summed E-state index contributed by atoms with van der Waals surface area (Å²) < 4.78 is 39.6. The van der Waals surface area contributed by atoms with Crippen LogP contribution in [0.2, 0.25) is 0 Å². The Balaban J connectivity index is 1.84. The van der Waals surface area contributed by atoms with Crippen molar-refractivity contribution < 1.29 is 12.8 Å². The Bertz CT molecular complexity index is 542. The van der Waals surface area contributed by atoms with Crippen molar-refractivity contribution in [3.63, 3.8) is 0 Å². The van der Waals surface area contributed by atoms with E-state index in [1.165, 1.54) is 25.0 Å². The van der Waals surface area contributed by atoms with Crippen LogP contribution in [0.4, 0.5) is 4.39 Å². The molecule has 1 aromatic rings. The van der Waals surface area contributed by atoms with Gasteiger partial charge in [-0.2, -0.15) is 0 Å². The zero-order valence-corrected chi connectivity index (χ0v) is 11.8. The molecule has 2 rings (SSSR count). The second-order valence-corrected chi connectivity index (χ2v) is 6.66. The predicted molar refractivity (Wildman–Crippen MR) is 72.0 cm³/mol. The molecule has 2 N–H and O–H groups in total. The molecule has 0 bridgehead atoms. The summed E-state index contributed by atoms with van der Waals surface area (Å²) in [6, 6.07) is 4.57. The molecule has 1 fully saturated rings. The molecule has 0 radical (unpaired) electrons. The van der Waals surface area contributed by atoms with Gasteiger partial charge in [0.1, 0.15) is 5.82 Å². The van der Waals surface area contributed by atoms with Gasteiger partial charge in [0.15, 0.2) is 0 Å². The standard InChI is InChI=1S/C13H19FN2O2S/c1-10-3-6-12(9-13(10)14)19(17,18)16-8-2-7-15-11-4-5-11/h3,6,9,11,15-16H,2,4-5,7-8H2,1H3. The summed E-state index contributed by atoms with van der Waals surface area (Å²) in [6.07, 6.45) is 3.16. The fourth-order valence-electron chi connectivity index (χ4n) is 1.71. The maximum absolute atomic E-state index is 13.3. The number of hydrogen-bond donors (Lipinski definition) is 2. The third-order valence-corrected chi connectivity index (χ3v) is 4.57. The van der Waals surface area contributed by atoms with Crippen LogP contribution in [-0.4, -0.2) is 27.5 Å². The van der Waals surface area contributed by atoms with E-state index in [0.29, 0.717) is 18.2 Å². The van der Waals surface area contributed by atoms with Crippen molar-refractivity contribution in [3.05, 3.63) is 29.6 Å². The highest BCUT2D eigenvalue weighted by Gasteiger charge is 2.19. The number of rotatable bonds is 7. The Morgan fingerprint density at radius 2 is 2.05 bits per heavy atom. The van der Waals surface area contributed by atoms with E-state index in [4.69, 9.17) is 0 Å². The van der Waals surface area contributed by atoms with Crippen molar-refractivity contribution in [1.29, 1.82) is 0 Å². The van der Waals surface area contributed by atoms with E-state index in [0.717, 1.165) is 19.0 Å². The summed E-state index contributed by atoms with van der Waals surface area (Å²) in [6.45, 7) is 2.76. The van der Waals surface area contributed by atoms with E-state index in [1.807, 2.05) is 0 Å². The van der Waals surface area contributed by atoms with E-state index < -0.39 is 15.8 Å². The number of benzene rings is 1. The van der Waals surface area contributed by atoms with Crippen molar-refractivity contribution >= 4 is 10.0 Å². The van der Waals surface area contributed by atoms with Crippen LogP contribution < -0.4 is 10.0 Å². The second-order valence-electron chi connectivity index (χ2n) is 4.89. The van der Waals surface area contributed by atoms with Crippen molar-refractivity contribution in [2.75, 3.05) is 13.1 Å². The van der Waals surface area contributed by atoms with Gasteiger partial charge >= 0.3 is 0 Å². The minimum atomic E-state index is -3.60. The van der Waals surface area contributed by atoms with Crippen LogP contribution in [0.1, 0.15) is 24.8 Å². The first kappa shape index (κ1) is 14.4. The van der Waals surface area contributed by atoms with Gasteiger partial charge in [0.05, 0.1) is 4.90 Å². The molecule has 0 aliphatic heterocycles. The van der Waals surface area contributed by atoms with E-state index in [1.54, 1.807) is 6.92 Å². The molecule has 19 heavy (non-hydrogen) atoms. The first-order chi connectivity index (χ1) is 8.99. The monoisotopic (exact) mass is 286 g/mol. The molecular weight excluding hydrogens is 267 g/mol. The average molecular weight is 286 g/mol. The van der Waals surface area contributed by atoms with Crippen molar-refractivity contribution in [2.45, 2.75) is 37.1 Å². The molecule has 1 aliphatic rings. The quantitative estimate of drug-likeness (QED) is 0.748. The van der Waals surface area contributed by atoms with Crippen LogP contribution in [0.3, 0.4) is 0 Å². The summed E-state index contributed by atoms with van der Waals surface area (Å²) in [5, 5.41) is 3.30. The van der Waals surface area contributed by atoms with Gasteiger partial charge in [0.25, 0.3) is 0 Å². The van der Waals surface area contributed by atoms with Crippen LogP contribution >= 0.6 is 0 Å². The molecule has 106 valence electrons. The third kappa shape index (κ3) is 4.26. The summed E-state index contributed by atoms with van der Waals surface area (Å²) in [5.74, 6) is -0.502. The van der Waals surface area contributed by atoms with Gasteiger partial charge in [-0.25, -0.2) is 17.5 Å². The van der Waals surface area contributed by atoms with E-state index in [-0.39, 0.29) is 4.90 Å². The Labute approximate surface area is 113 Å². The molecule has 1 aromatic carbocycles. The molecule has 0 saturated heterocycles. The van der Waals surface area contributed by atoms with Crippen LogP contribution in [0.5, 0.6) is 0 Å². The lowest BCUT2D eigenvalue weighted by Gasteiger charge is -2.08. The largest absolute Gasteiger partial charge is 0.314 e. The SMILES string of the molecule is Cc1ccc(S(=O)(=O)NCCCNC2CC2)cc1F. The summed E-state index contributed by atoms with van der Waals surface area (Å²) in [4.78, 5) is -0.0225. The molecule has 0 heterocycles. The number of halogens is 1. The fourth-order valence-corrected chi connectivity index (χ4v) is 2.80. The minimum absolute atomic E-state index is 0.0225. The Hall–Kier alpha value is -0.980. The maximum atomic E-state index is 13.3. The van der Waals surface area contributed by atoms with Gasteiger partial charge < -0.3 is 5.32 Å². The molecule has 0 unspecified atom stereocenters. The molecule has 6 heteroatoms. The summed E-state index contributed by atoms with van der Waals surface area (Å²) in [5.41, 5.74) is 0.438. The molecule has 1 aliphatic carbocycles. The fraction of sp³-hybridized carbons (Fsp3) is 0.538. The first-order valence-electron chi connectivity index (χ1n) is 6.48. The van der Waals surface area contributed by atoms with Crippen LogP contribution in [-0.2, 0) is 10.0 Å². The highest BCUT2D eigenvalue weighted by molar-refractivity contribution is 7.89. The second kappa shape index (κ2) is 5.98. The van der Waals surface area contributed by atoms with Gasteiger partial charge in [-0.15, -0.1) is 0 Å². The highest BCUT2D eigenvalue weighted by Crippen LogP contribution is 2.18. The van der Waals surface area contributed by atoms with Crippen LogP contribution in [0.15, 0.2) is 23.1 Å². The smallest absolute Gasteiger partial charge is 0.240 e. The van der Waals surface area contributed by atoms with Gasteiger partial charge in [-0.1, -0.05) is 6.07 Å². The Morgan fingerprint density at radius 3 is 2.68 bits per heavy atom. The van der Waals surface area contributed by atoms with Gasteiger partial charge in [-0.3, -0.25) is 0 Å². The van der Waals surface area contributed by atoms with E-state index >= 15 is 0 Å². The van der Waals surface area contributed by atoms with E-state index in [9.17, 15) is 12.8 Å². The summed E-state index contributed by atoms with van der Waals surface area (Å²) >= 11 is 0. The van der Waals surface area contributed by atoms with E-state index in [2.05, 4.69) is 10.0 Å². The molecular formula is C13H19FN2O2S. The van der Waals surface area contributed by atoms with Crippen molar-refractivity contribution in [2.24, 2.45) is 0 Å². The molecule has 0 spiro atoms. The number of nitrogens with one attached hydrogen (secondary N) is 2. The molecule has 0 atom stereocenters. The van der Waals surface area contributed by atoms with Crippen molar-refractivity contribution in [1.82, 2.24) is 10.0 Å². The van der Waals surface area contributed by atoms with Crippen LogP contribution in [0.25, 0.3) is 0 Å². The van der Waals surface area contributed by atoms with Gasteiger partial charge in [-0.05, 0) is 50.4 Å². The molecule has 4 nitrogen and oxygen atoms in total. The zero-order valence-electron chi connectivity index (χ0n) is 10.9. The third-order valence-electron chi connectivity index (χ3n) is 3.11. The first-order valence-corrected chi connectivity index (χ1v) is 7.96. The van der Waals surface area contributed by atoms with Gasteiger partial charge in [0, 0.05) is 12.6 Å². The lowest BCUT2D eigenvalue weighted by molar-refractivity contribution is 0.569. The molecule has 1 saturated carbocycles. The maximum Gasteiger partial charge on any atom is 0.240 e. The lowest BCUT2D eigenvalue weighted by atomic mass is 10.2. The summed E-state index contributed by atoms with van der Waals surface area (Å²) in [7, 11) is -3.60. The van der Waals surface area contributed by atoms with Gasteiger partial charge in [0.2, 0.25) is 10.0 Å². The average Bonchev–Trinajstić information content (AvgIpc) is 3.16. The predicted octanol–water partition coefficient (Wildman–Crippen LogP) is 1.55. The highest BCUT2D eigenvalue weighted by atomic mass is 32.2. The zero-order chi connectivity index (χ0) is 13.9. The molecule has 0 aromatic heterocycles. The minimum Gasteiger partial charge on any atom is -0.314 e. The number of sulfonamides is 1. The number of aryl methyl sites for hydroxylation is 1. The normalized spacial score (nSPS) is 15.7. The lowest BCUT2D eigenvalue weighted by Crippen LogP contribution is -2.28.